The van der Waals surface area contributed by atoms with Gasteiger partial charge in [-0.05, 0) is 36.4 Å². The summed E-state index contributed by atoms with van der Waals surface area (Å²) in [7, 11) is -0.203. The lowest BCUT2D eigenvalue weighted by Gasteiger charge is -1.97. The van der Waals surface area contributed by atoms with E-state index in [-0.39, 0.29) is 0 Å². The van der Waals surface area contributed by atoms with Gasteiger partial charge in [-0.15, -0.1) is 0 Å². The van der Waals surface area contributed by atoms with Gasteiger partial charge in [0.2, 0.25) is 4.90 Å². The van der Waals surface area contributed by atoms with Gasteiger partial charge in [0.1, 0.15) is 0 Å². The highest BCUT2D eigenvalue weighted by Gasteiger charge is 2.26. The third-order valence-corrected chi connectivity index (χ3v) is 4.96. The maximum absolute atomic E-state index is 14.0. The molecule has 0 radical (unpaired) electrons. The Morgan fingerprint density at radius 3 is 1.82 bits per heavy atom. The predicted octanol–water partition coefficient (Wildman–Crippen LogP) is 3.42. The van der Waals surface area contributed by atoms with Gasteiger partial charge in [0.15, 0.2) is 10.8 Å². The molecule has 0 aliphatic rings. The molecule has 0 fully saturated rings. The molecule has 0 aliphatic carbocycles. The molecular formula is C12H12FN2S2+. The first-order valence-corrected chi connectivity index (χ1v) is 7.41. The monoisotopic (exact) mass is 267 g/mol. The molecule has 1 unspecified atom stereocenters. The van der Waals surface area contributed by atoms with E-state index in [1.54, 1.807) is 36.4 Å². The first-order valence-electron chi connectivity index (χ1n) is 4.95. The van der Waals surface area contributed by atoms with Crippen LogP contribution in [0.4, 0.5) is 15.3 Å². The van der Waals surface area contributed by atoms with Gasteiger partial charge in [0.25, 0.3) is 0 Å². The second kappa shape index (κ2) is 5.33. The highest BCUT2D eigenvalue weighted by molar-refractivity contribution is 8.72. The van der Waals surface area contributed by atoms with Crippen LogP contribution < -0.4 is 11.5 Å². The van der Waals surface area contributed by atoms with Gasteiger partial charge in [-0.3, -0.25) is 0 Å². The van der Waals surface area contributed by atoms with Crippen LogP contribution in [0.2, 0.25) is 0 Å². The number of rotatable bonds is 3. The molecule has 2 aromatic rings. The Morgan fingerprint density at radius 1 is 0.824 bits per heavy atom. The van der Waals surface area contributed by atoms with Gasteiger partial charge >= 0.3 is 10.3 Å². The van der Waals surface area contributed by atoms with Crippen molar-refractivity contribution in [3.8, 4) is 0 Å². The summed E-state index contributed by atoms with van der Waals surface area (Å²) in [6.07, 6.45) is 0. The fraction of sp³-hybridized carbons (Fsp3) is 0. The molecule has 17 heavy (non-hydrogen) atoms. The first kappa shape index (κ1) is 12.1. The Labute approximate surface area is 106 Å². The number of anilines is 2. The average molecular weight is 267 g/mol. The van der Waals surface area contributed by atoms with Crippen LogP contribution in [0.1, 0.15) is 0 Å². The molecule has 0 saturated heterocycles. The molecule has 5 heteroatoms. The molecule has 4 N–H and O–H groups in total. The SMILES string of the molecule is Nc1ccc(S[S+](F)c2ccc(N)cc2)cc1. The molecule has 2 aromatic carbocycles. The topological polar surface area (TPSA) is 52.0 Å². The Kier molecular flexibility index (Phi) is 3.81. The van der Waals surface area contributed by atoms with E-state index in [1.165, 1.54) is 10.8 Å². The van der Waals surface area contributed by atoms with Crippen molar-refractivity contribution in [1.29, 1.82) is 0 Å². The third kappa shape index (κ3) is 3.31. The summed E-state index contributed by atoms with van der Waals surface area (Å²) in [5.41, 5.74) is 12.4. The largest absolute Gasteiger partial charge is 0.399 e. The second-order valence-corrected chi connectivity index (χ2v) is 6.38. The number of nitrogens with two attached hydrogens (primary N) is 2. The van der Waals surface area contributed by atoms with Gasteiger partial charge < -0.3 is 11.5 Å². The van der Waals surface area contributed by atoms with Crippen molar-refractivity contribution in [3.05, 3.63) is 48.5 Å². The van der Waals surface area contributed by atoms with Gasteiger partial charge in [0.05, 0.1) is 4.90 Å². The molecule has 1 atom stereocenters. The van der Waals surface area contributed by atoms with Crippen LogP contribution in [0.15, 0.2) is 58.3 Å². The summed E-state index contributed by atoms with van der Waals surface area (Å²) in [5, 5.41) is 0. The van der Waals surface area contributed by atoms with Crippen LogP contribution in [-0.2, 0) is 10.3 Å². The van der Waals surface area contributed by atoms with E-state index in [2.05, 4.69) is 0 Å². The smallest absolute Gasteiger partial charge is 0.319 e. The summed E-state index contributed by atoms with van der Waals surface area (Å²) in [6, 6.07) is 14.0. The van der Waals surface area contributed by atoms with Crippen LogP contribution in [0, 0.1) is 0 Å². The minimum absolute atomic E-state index is 0.640. The van der Waals surface area contributed by atoms with Crippen LogP contribution >= 0.6 is 10.8 Å². The molecule has 2 nitrogen and oxygen atoms in total. The Morgan fingerprint density at radius 2 is 1.29 bits per heavy atom. The van der Waals surface area contributed by atoms with Crippen LogP contribution in [0.5, 0.6) is 0 Å². The molecule has 2 rings (SSSR count). The summed E-state index contributed by atoms with van der Waals surface area (Å²) in [5.74, 6) is 0. The van der Waals surface area contributed by atoms with Crippen molar-refractivity contribution in [3.63, 3.8) is 0 Å². The molecule has 0 saturated carbocycles. The van der Waals surface area contributed by atoms with Gasteiger partial charge in [0, 0.05) is 27.4 Å². The predicted molar refractivity (Wildman–Crippen MR) is 74.3 cm³/mol. The fourth-order valence-electron chi connectivity index (χ4n) is 1.23. The molecule has 0 bridgehead atoms. The minimum atomic E-state index is -1.38. The molecule has 0 aliphatic heterocycles. The summed E-state index contributed by atoms with van der Waals surface area (Å²) < 4.78 is 14.0. The number of hydrogen-bond donors (Lipinski definition) is 2. The zero-order valence-electron chi connectivity index (χ0n) is 8.97. The minimum Gasteiger partial charge on any atom is -0.399 e. The zero-order chi connectivity index (χ0) is 12.3. The number of nitrogen functional groups attached to an aromatic ring is 2. The van der Waals surface area contributed by atoms with Crippen LogP contribution in [0.3, 0.4) is 0 Å². The molecule has 0 aromatic heterocycles. The van der Waals surface area contributed by atoms with Gasteiger partial charge in [-0.2, -0.15) is 0 Å². The second-order valence-electron chi connectivity index (χ2n) is 3.44. The first-order chi connectivity index (χ1) is 8.15. The zero-order valence-corrected chi connectivity index (χ0v) is 10.6. The van der Waals surface area contributed by atoms with Crippen LogP contribution in [-0.4, -0.2) is 0 Å². The van der Waals surface area contributed by atoms with Crippen molar-refractivity contribution in [2.45, 2.75) is 9.79 Å². The van der Waals surface area contributed by atoms with Crippen molar-refractivity contribution >= 4 is 32.5 Å². The van der Waals surface area contributed by atoms with E-state index >= 15 is 0 Å². The number of halogens is 1. The summed E-state index contributed by atoms with van der Waals surface area (Å²) in [4.78, 5) is 1.50. The number of hydrogen-bond acceptors (Lipinski definition) is 3. The quantitative estimate of drug-likeness (QED) is 0.509. The normalized spacial score (nSPS) is 12.3. The maximum Gasteiger partial charge on any atom is 0.319 e. The van der Waals surface area contributed by atoms with Gasteiger partial charge in [-0.1, -0.05) is 0 Å². The molecule has 0 amide bonds. The van der Waals surface area contributed by atoms with Crippen molar-refractivity contribution in [1.82, 2.24) is 0 Å². The van der Waals surface area contributed by atoms with E-state index in [4.69, 9.17) is 11.5 Å². The van der Waals surface area contributed by atoms with E-state index in [0.717, 1.165) is 4.90 Å². The Balaban J connectivity index is 2.08. The average Bonchev–Trinajstić information content (AvgIpc) is 2.33. The third-order valence-electron chi connectivity index (χ3n) is 2.11. The summed E-state index contributed by atoms with van der Waals surface area (Å²) in [6.45, 7) is 0. The van der Waals surface area contributed by atoms with E-state index in [1.807, 2.05) is 12.1 Å². The highest BCUT2D eigenvalue weighted by Crippen LogP contribution is 2.34. The van der Waals surface area contributed by atoms with Gasteiger partial charge in [-0.25, -0.2) is 0 Å². The van der Waals surface area contributed by atoms with E-state index < -0.39 is 10.3 Å². The fourth-order valence-corrected chi connectivity index (χ4v) is 3.56. The Bertz CT molecular complexity index is 485. The lowest BCUT2D eigenvalue weighted by molar-refractivity contribution is 0.922. The van der Waals surface area contributed by atoms with E-state index in [9.17, 15) is 3.89 Å². The Hall–Kier alpha value is -1.33. The lowest BCUT2D eigenvalue weighted by atomic mass is 10.3. The molecule has 0 spiro atoms. The lowest BCUT2D eigenvalue weighted by Crippen LogP contribution is -1.91. The highest BCUT2D eigenvalue weighted by atomic mass is 33.2. The van der Waals surface area contributed by atoms with Crippen LogP contribution in [0.25, 0.3) is 0 Å². The van der Waals surface area contributed by atoms with E-state index in [0.29, 0.717) is 16.3 Å². The van der Waals surface area contributed by atoms with Crippen molar-refractivity contribution in [2.75, 3.05) is 11.5 Å². The van der Waals surface area contributed by atoms with Crippen molar-refractivity contribution in [2.24, 2.45) is 0 Å². The molecule has 0 heterocycles. The standard InChI is InChI=1S/C12H12FN2S2/c13-17(12-7-3-10(15)4-8-12)16-11-5-1-9(14)2-6-11/h1-8H,14-15H2/q+1. The summed E-state index contributed by atoms with van der Waals surface area (Å²) >= 11 is 0. The molecule has 88 valence electrons. The van der Waals surface area contributed by atoms with Crippen molar-refractivity contribution < 1.29 is 3.89 Å². The number of benzene rings is 2. The molecular weight excluding hydrogens is 255 g/mol. The maximum atomic E-state index is 14.0.